The normalized spacial score (nSPS) is 10.7. The van der Waals surface area contributed by atoms with Crippen LogP contribution in [0.1, 0.15) is 11.4 Å². The average Bonchev–Trinajstić information content (AvgIpc) is 2.95. The fourth-order valence-corrected chi connectivity index (χ4v) is 3.17. The summed E-state index contributed by atoms with van der Waals surface area (Å²) in [5.41, 5.74) is 2.60. The Kier molecular flexibility index (Phi) is 5.14. The molecule has 1 heterocycles. The van der Waals surface area contributed by atoms with Gasteiger partial charge < -0.3 is 5.32 Å². The van der Waals surface area contributed by atoms with Crippen molar-refractivity contribution in [1.29, 1.82) is 0 Å². The first-order valence-corrected chi connectivity index (χ1v) is 8.69. The maximum absolute atomic E-state index is 13.1. The zero-order valence-electron chi connectivity index (χ0n) is 13.9. The van der Waals surface area contributed by atoms with E-state index in [1.165, 1.54) is 23.9 Å². The zero-order valence-corrected chi connectivity index (χ0v) is 14.7. The molecule has 0 unspecified atom stereocenters. The summed E-state index contributed by atoms with van der Waals surface area (Å²) >= 11 is 1.28. The number of benzene rings is 2. The predicted molar refractivity (Wildman–Crippen MR) is 96.6 cm³/mol. The van der Waals surface area contributed by atoms with Gasteiger partial charge in [-0.05, 0) is 55.8 Å². The van der Waals surface area contributed by atoms with Gasteiger partial charge in [-0.25, -0.2) is 4.39 Å². The van der Waals surface area contributed by atoms with E-state index in [-0.39, 0.29) is 17.5 Å². The van der Waals surface area contributed by atoms with Crippen molar-refractivity contribution >= 4 is 23.4 Å². The zero-order chi connectivity index (χ0) is 17.8. The number of carbonyl (C=O) groups excluding carboxylic acids is 1. The van der Waals surface area contributed by atoms with E-state index in [1.807, 2.05) is 38.1 Å². The lowest BCUT2D eigenvalue weighted by molar-refractivity contribution is -0.113. The van der Waals surface area contributed by atoms with Gasteiger partial charge in [-0.15, -0.1) is 10.2 Å². The topological polar surface area (TPSA) is 59.8 Å². The molecule has 5 nitrogen and oxygen atoms in total. The summed E-state index contributed by atoms with van der Waals surface area (Å²) in [5, 5.41) is 11.6. The summed E-state index contributed by atoms with van der Waals surface area (Å²) < 4.78 is 14.9. The third-order valence-corrected chi connectivity index (χ3v) is 4.44. The number of nitrogens with zero attached hydrogens (tertiary/aromatic N) is 3. The quantitative estimate of drug-likeness (QED) is 0.707. The van der Waals surface area contributed by atoms with Gasteiger partial charge in [0.05, 0.1) is 5.75 Å². The van der Waals surface area contributed by atoms with Crippen molar-refractivity contribution in [3.8, 4) is 5.69 Å². The Morgan fingerprint density at radius 1 is 1.16 bits per heavy atom. The number of rotatable bonds is 5. The van der Waals surface area contributed by atoms with Crippen LogP contribution in [0.2, 0.25) is 0 Å². The lowest BCUT2D eigenvalue weighted by Crippen LogP contribution is -2.14. The highest BCUT2D eigenvalue weighted by molar-refractivity contribution is 7.99. The molecule has 1 N–H and O–H groups in total. The Morgan fingerprint density at radius 3 is 2.64 bits per heavy atom. The molecule has 128 valence electrons. The number of aromatic nitrogens is 3. The first-order valence-electron chi connectivity index (χ1n) is 7.70. The van der Waals surface area contributed by atoms with Crippen molar-refractivity contribution in [2.24, 2.45) is 0 Å². The van der Waals surface area contributed by atoms with Crippen LogP contribution in [0.4, 0.5) is 10.1 Å². The van der Waals surface area contributed by atoms with E-state index < -0.39 is 0 Å². The molecule has 0 spiro atoms. The number of amides is 1. The van der Waals surface area contributed by atoms with Gasteiger partial charge in [-0.3, -0.25) is 9.36 Å². The van der Waals surface area contributed by atoms with Gasteiger partial charge in [-0.1, -0.05) is 23.9 Å². The molecule has 3 rings (SSSR count). The lowest BCUT2D eigenvalue weighted by Gasteiger charge is -2.09. The number of aryl methyl sites for hydroxylation is 2. The summed E-state index contributed by atoms with van der Waals surface area (Å²) in [5.74, 6) is 0.448. The minimum atomic E-state index is -0.304. The highest BCUT2D eigenvalue weighted by Gasteiger charge is 2.13. The molecule has 2 aromatic carbocycles. The standard InChI is InChI=1S/C18H17FN4OS/c1-12-4-3-5-15(10-12)20-17(24)11-25-18-22-21-13(2)23(18)16-8-6-14(19)7-9-16/h3-10H,11H2,1-2H3,(H,20,24). The molecule has 0 aliphatic heterocycles. The minimum Gasteiger partial charge on any atom is -0.325 e. The fraction of sp³-hybridized carbons (Fsp3) is 0.167. The van der Waals surface area contributed by atoms with Gasteiger partial charge in [0.25, 0.3) is 0 Å². The lowest BCUT2D eigenvalue weighted by atomic mass is 10.2. The third-order valence-electron chi connectivity index (χ3n) is 3.51. The summed E-state index contributed by atoms with van der Waals surface area (Å²) in [6.45, 7) is 3.78. The molecule has 3 aromatic rings. The molecule has 25 heavy (non-hydrogen) atoms. The molecule has 0 aliphatic rings. The number of carbonyl (C=O) groups is 1. The van der Waals surface area contributed by atoms with Crippen molar-refractivity contribution in [3.05, 3.63) is 65.7 Å². The van der Waals surface area contributed by atoms with Crippen LogP contribution in [0.15, 0.2) is 53.7 Å². The van der Waals surface area contributed by atoms with Crippen molar-refractivity contribution in [1.82, 2.24) is 14.8 Å². The first-order chi connectivity index (χ1) is 12.0. The molecule has 0 fully saturated rings. The molecule has 0 radical (unpaired) electrons. The molecule has 1 amide bonds. The second-order valence-corrected chi connectivity index (χ2v) is 6.49. The molecule has 0 bridgehead atoms. The van der Waals surface area contributed by atoms with Crippen LogP contribution >= 0.6 is 11.8 Å². The van der Waals surface area contributed by atoms with Crippen LogP contribution in [0, 0.1) is 19.7 Å². The maximum atomic E-state index is 13.1. The van der Waals surface area contributed by atoms with Gasteiger partial charge in [0.1, 0.15) is 11.6 Å². The second-order valence-electron chi connectivity index (χ2n) is 5.55. The van der Waals surface area contributed by atoms with E-state index in [0.29, 0.717) is 11.0 Å². The first kappa shape index (κ1) is 17.2. The fourth-order valence-electron chi connectivity index (χ4n) is 2.37. The van der Waals surface area contributed by atoms with Crippen molar-refractivity contribution in [2.75, 3.05) is 11.1 Å². The Balaban J connectivity index is 1.69. The Labute approximate surface area is 149 Å². The summed E-state index contributed by atoms with van der Waals surface area (Å²) in [6, 6.07) is 13.7. The van der Waals surface area contributed by atoms with Crippen LogP contribution in [-0.2, 0) is 4.79 Å². The van der Waals surface area contributed by atoms with E-state index in [9.17, 15) is 9.18 Å². The summed E-state index contributed by atoms with van der Waals surface area (Å²) in [4.78, 5) is 12.2. The highest BCUT2D eigenvalue weighted by atomic mass is 32.2. The second kappa shape index (κ2) is 7.48. The van der Waals surface area contributed by atoms with Crippen LogP contribution in [0.5, 0.6) is 0 Å². The Hall–Kier alpha value is -2.67. The number of thioether (sulfide) groups is 1. The van der Waals surface area contributed by atoms with Gasteiger partial charge in [0.2, 0.25) is 5.91 Å². The van der Waals surface area contributed by atoms with Crippen LogP contribution in [0.25, 0.3) is 5.69 Å². The SMILES string of the molecule is Cc1cccc(NC(=O)CSc2nnc(C)n2-c2ccc(F)cc2)c1. The molecule has 0 saturated carbocycles. The van der Waals surface area contributed by atoms with E-state index in [0.717, 1.165) is 16.9 Å². The van der Waals surface area contributed by atoms with Gasteiger partial charge in [0.15, 0.2) is 5.16 Å². The summed E-state index contributed by atoms with van der Waals surface area (Å²) in [7, 11) is 0. The molecule has 0 atom stereocenters. The number of halogens is 1. The van der Waals surface area contributed by atoms with Crippen LogP contribution < -0.4 is 5.32 Å². The minimum absolute atomic E-state index is 0.123. The Bertz CT molecular complexity index is 892. The van der Waals surface area contributed by atoms with Crippen LogP contribution in [0.3, 0.4) is 0 Å². The van der Waals surface area contributed by atoms with E-state index in [2.05, 4.69) is 15.5 Å². The van der Waals surface area contributed by atoms with E-state index >= 15 is 0 Å². The Morgan fingerprint density at radius 2 is 1.92 bits per heavy atom. The number of hydrogen-bond donors (Lipinski definition) is 1. The van der Waals surface area contributed by atoms with E-state index in [4.69, 9.17) is 0 Å². The van der Waals surface area contributed by atoms with Crippen LogP contribution in [-0.4, -0.2) is 26.4 Å². The number of nitrogens with one attached hydrogen (secondary N) is 1. The maximum Gasteiger partial charge on any atom is 0.234 e. The van der Waals surface area contributed by atoms with Crippen molar-refractivity contribution in [3.63, 3.8) is 0 Å². The predicted octanol–water partition coefficient (Wildman–Crippen LogP) is 3.75. The smallest absolute Gasteiger partial charge is 0.234 e. The van der Waals surface area contributed by atoms with Gasteiger partial charge >= 0.3 is 0 Å². The number of anilines is 1. The molecule has 1 aromatic heterocycles. The monoisotopic (exact) mass is 356 g/mol. The van der Waals surface area contributed by atoms with Crippen molar-refractivity contribution in [2.45, 2.75) is 19.0 Å². The highest BCUT2D eigenvalue weighted by Crippen LogP contribution is 2.22. The van der Waals surface area contributed by atoms with Gasteiger partial charge in [-0.2, -0.15) is 0 Å². The molecular formula is C18H17FN4OS. The average molecular weight is 356 g/mol. The molecular weight excluding hydrogens is 339 g/mol. The molecule has 0 aliphatic carbocycles. The van der Waals surface area contributed by atoms with Gasteiger partial charge in [0, 0.05) is 11.4 Å². The summed E-state index contributed by atoms with van der Waals surface area (Å²) in [6.07, 6.45) is 0. The number of hydrogen-bond acceptors (Lipinski definition) is 4. The molecule has 0 saturated heterocycles. The van der Waals surface area contributed by atoms with E-state index in [1.54, 1.807) is 16.7 Å². The third kappa shape index (κ3) is 4.24. The van der Waals surface area contributed by atoms with Crippen molar-refractivity contribution < 1.29 is 9.18 Å². The molecule has 7 heteroatoms. The largest absolute Gasteiger partial charge is 0.325 e.